The Balaban J connectivity index is 2.34. The van der Waals surface area contributed by atoms with Gasteiger partial charge in [0.1, 0.15) is 0 Å². The fourth-order valence-electron chi connectivity index (χ4n) is 3.47. The Labute approximate surface area is 72.3 Å². The Morgan fingerprint density at radius 2 is 1.75 bits per heavy atom. The summed E-state index contributed by atoms with van der Waals surface area (Å²) < 4.78 is 27.1. The highest BCUT2D eigenvalue weighted by Crippen LogP contribution is 2.90. The van der Waals surface area contributed by atoms with Crippen LogP contribution in [0.3, 0.4) is 0 Å². The van der Waals surface area contributed by atoms with Crippen LogP contribution in [0.5, 0.6) is 0 Å². The van der Waals surface area contributed by atoms with Gasteiger partial charge in [0, 0.05) is 10.8 Å². The molecule has 2 aliphatic carbocycles. The van der Waals surface area contributed by atoms with E-state index in [9.17, 15) is 8.78 Å². The predicted molar refractivity (Wildman–Crippen MR) is 44.2 cm³/mol. The van der Waals surface area contributed by atoms with Crippen molar-refractivity contribution in [3.8, 4) is 0 Å². The average molecular weight is 174 g/mol. The lowest BCUT2D eigenvalue weighted by atomic mass is 9.86. The number of halogens is 2. The summed E-state index contributed by atoms with van der Waals surface area (Å²) in [6.07, 6.45) is 2.15. The molecule has 0 aromatic carbocycles. The summed E-state index contributed by atoms with van der Waals surface area (Å²) in [5, 5.41) is 0. The quantitative estimate of drug-likeness (QED) is 0.601. The second-order valence-corrected chi connectivity index (χ2v) is 4.64. The maximum absolute atomic E-state index is 13.5. The molecule has 0 N–H and O–H groups in total. The monoisotopic (exact) mass is 174 g/mol. The molecule has 0 radical (unpaired) electrons. The molecule has 0 aromatic rings. The summed E-state index contributed by atoms with van der Waals surface area (Å²) in [5.74, 6) is -2.23. The van der Waals surface area contributed by atoms with Crippen LogP contribution in [0.4, 0.5) is 8.78 Å². The Morgan fingerprint density at radius 3 is 1.83 bits per heavy atom. The van der Waals surface area contributed by atoms with Crippen LogP contribution >= 0.6 is 0 Å². The van der Waals surface area contributed by atoms with Crippen molar-refractivity contribution < 1.29 is 8.78 Å². The molecule has 70 valence electrons. The highest BCUT2D eigenvalue weighted by Gasteiger charge is 2.94. The third kappa shape index (κ3) is 0.513. The molecule has 0 aliphatic heterocycles. The van der Waals surface area contributed by atoms with Gasteiger partial charge in [0.2, 0.25) is 0 Å². The molecule has 2 rings (SSSR count). The summed E-state index contributed by atoms with van der Waals surface area (Å²) in [7, 11) is 0. The van der Waals surface area contributed by atoms with Gasteiger partial charge in [-0.1, -0.05) is 20.8 Å². The zero-order valence-corrected chi connectivity index (χ0v) is 7.95. The number of hydrogen-bond acceptors (Lipinski definition) is 0. The molecule has 0 amide bonds. The second kappa shape index (κ2) is 1.85. The first kappa shape index (κ1) is 8.46. The Hall–Kier alpha value is -0.140. The number of rotatable bonds is 2. The Kier molecular flexibility index (Phi) is 1.31. The molecule has 0 aromatic heterocycles. The van der Waals surface area contributed by atoms with Crippen LogP contribution < -0.4 is 0 Å². The molecular weight excluding hydrogens is 158 g/mol. The van der Waals surface area contributed by atoms with Crippen LogP contribution in [-0.4, -0.2) is 5.92 Å². The lowest BCUT2D eigenvalue weighted by Crippen LogP contribution is -2.17. The van der Waals surface area contributed by atoms with Gasteiger partial charge >= 0.3 is 0 Å². The number of alkyl halides is 2. The zero-order valence-electron chi connectivity index (χ0n) is 7.95. The van der Waals surface area contributed by atoms with Gasteiger partial charge in [0.25, 0.3) is 5.92 Å². The first-order valence-corrected chi connectivity index (χ1v) is 4.84. The van der Waals surface area contributed by atoms with E-state index in [0.717, 1.165) is 12.8 Å². The largest absolute Gasteiger partial charge is 0.260 e. The normalized spacial score (nSPS) is 40.5. The Bertz CT molecular complexity index is 210. The van der Waals surface area contributed by atoms with E-state index in [2.05, 4.69) is 0 Å². The molecular formula is C10H16F2. The van der Waals surface area contributed by atoms with Crippen molar-refractivity contribution >= 4 is 0 Å². The van der Waals surface area contributed by atoms with E-state index >= 15 is 0 Å². The fourth-order valence-corrected chi connectivity index (χ4v) is 3.47. The maximum atomic E-state index is 13.5. The molecule has 12 heavy (non-hydrogen) atoms. The van der Waals surface area contributed by atoms with Gasteiger partial charge in [-0.2, -0.15) is 0 Å². The van der Waals surface area contributed by atoms with E-state index in [1.807, 2.05) is 20.8 Å². The molecule has 0 bridgehead atoms. The third-order valence-corrected chi connectivity index (χ3v) is 4.25. The van der Waals surface area contributed by atoms with Crippen molar-refractivity contribution in [2.45, 2.75) is 46.0 Å². The standard InChI is InChI=1S/C10H16F2/c1-4-9(7(2)3)8(5-6-8)10(9,11)12/h7H,4-6H2,1-3H3. The van der Waals surface area contributed by atoms with Gasteiger partial charge in [-0.3, -0.25) is 0 Å². The molecule has 2 fully saturated rings. The highest BCUT2D eigenvalue weighted by atomic mass is 19.3. The van der Waals surface area contributed by atoms with Crippen molar-refractivity contribution in [1.82, 2.24) is 0 Å². The van der Waals surface area contributed by atoms with Crippen LogP contribution in [0.15, 0.2) is 0 Å². The highest BCUT2D eigenvalue weighted by molar-refractivity contribution is 5.35. The summed E-state index contributed by atoms with van der Waals surface area (Å²) in [4.78, 5) is 0. The van der Waals surface area contributed by atoms with Gasteiger partial charge < -0.3 is 0 Å². The summed E-state index contributed by atoms with van der Waals surface area (Å²) in [6, 6.07) is 0. The van der Waals surface area contributed by atoms with Crippen molar-refractivity contribution in [3.63, 3.8) is 0 Å². The third-order valence-electron chi connectivity index (χ3n) is 4.25. The minimum atomic E-state index is -2.36. The van der Waals surface area contributed by atoms with Crippen LogP contribution in [0.2, 0.25) is 0 Å². The second-order valence-electron chi connectivity index (χ2n) is 4.64. The lowest BCUT2D eigenvalue weighted by molar-refractivity contribution is 0.0381. The summed E-state index contributed by atoms with van der Waals surface area (Å²) in [6.45, 7) is 5.77. The summed E-state index contributed by atoms with van der Waals surface area (Å²) in [5.41, 5.74) is -1.19. The molecule has 2 aliphatic rings. The molecule has 0 heterocycles. The van der Waals surface area contributed by atoms with Crippen LogP contribution in [0.1, 0.15) is 40.0 Å². The SMILES string of the molecule is CCC1(C(C)C)C(F)(F)C12CC2. The first-order chi connectivity index (χ1) is 5.46. The van der Waals surface area contributed by atoms with Crippen molar-refractivity contribution in [2.24, 2.45) is 16.7 Å². The van der Waals surface area contributed by atoms with Crippen LogP contribution in [0.25, 0.3) is 0 Å². The minimum Gasteiger partial charge on any atom is -0.206 e. The van der Waals surface area contributed by atoms with E-state index in [-0.39, 0.29) is 5.92 Å². The van der Waals surface area contributed by atoms with E-state index in [0.29, 0.717) is 6.42 Å². The average Bonchev–Trinajstić information content (AvgIpc) is 2.75. The molecule has 2 saturated carbocycles. The maximum Gasteiger partial charge on any atom is 0.260 e. The smallest absolute Gasteiger partial charge is 0.206 e. The van der Waals surface area contributed by atoms with Crippen molar-refractivity contribution in [3.05, 3.63) is 0 Å². The van der Waals surface area contributed by atoms with Crippen molar-refractivity contribution in [1.29, 1.82) is 0 Å². The predicted octanol–water partition coefficient (Wildman–Crippen LogP) is 3.47. The zero-order chi connectivity index (χ0) is 9.20. The van der Waals surface area contributed by atoms with E-state index in [1.165, 1.54) is 0 Å². The van der Waals surface area contributed by atoms with Crippen molar-refractivity contribution in [2.75, 3.05) is 0 Å². The van der Waals surface area contributed by atoms with Gasteiger partial charge in [0.15, 0.2) is 0 Å². The van der Waals surface area contributed by atoms with Crippen LogP contribution in [-0.2, 0) is 0 Å². The first-order valence-electron chi connectivity index (χ1n) is 4.84. The summed E-state index contributed by atoms with van der Waals surface area (Å²) >= 11 is 0. The molecule has 1 unspecified atom stereocenters. The van der Waals surface area contributed by atoms with Gasteiger partial charge in [-0.15, -0.1) is 0 Å². The van der Waals surface area contributed by atoms with Gasteiger partial charge in [0.05, 0.1) is 0 Å². The molecule has 0 saturated heterocycles. The molecule has 0 nitrogen and oxygen atoms in total. The Morgan fingerprint density at radius 1 is 1.25 bits per heavy atom. The van der Waals surface area contributed by atoms with Gasteiger partial charge in [-0.05, 0) is 25.2 Å². The van der Waals surface area contributed by atoms with E-state index < -0.39 is 16.8 Å². The number of hydrogen-bond donors (Lipinski definition) is 0. The molecule has 2 heteroatoms. The fraction of sp³-hybridized carbons (Fsp3) is 1.00. The lowest BCUT2D eigenvalue weighted by Gasteiger charge is -2.18. The van der Waals surface area contributed by atoms with E-state index in [4.69, 9.17) is 0 Å². The van der Waals surface area contributed by atoms with Gasteiger partial charge in [-0.25, -0.2) is 8.78 Å². The van der Waals surface area contributed by atoms with E-state index in [1.54, 1.807) is 0 Å². The molecule has 1 spiro atoms. The minimum absolute atomic E-state index is 0.125. The molecule has 1 atom stereocenters. The topological polar surface area (TPSA) is 0 Å². The van der Waals surface area contributed by atoms with Crippen LogP contribution in [0, 0.1) is 16.7 Å².